The number of ketones is 1. The Morgan fingerprint density at radius 1 is 1.24 bits per heavy atom. The van der Waals surface area contributed by atoms with Gasteiger partial charge in [0, 0.05) is 62.6 Å². The Morgan fingerprint density at radius 3 is 2.69 bits per heavy atom. The molecule has 1 aromatic heterocycles. The number of ether oxygens (including phenoxy) is 1. The van der Waals surface area contributed by atoms with Crippen LogP contribution in [0.15, 0.2) is 18.2 Å². The summed E-state index contributed by atoms with van der Waals surface area (Å²) in [6, 6.07) is 5.73. The summed E-state index contributed by atoms with van der Waals surface area (Å²) in [6.07, 6.45) is 1.66. The number of piperazine rings is 1. The summed E-state index contributed by atoms with van der Waals surface area (Å²) in [5.74, 6) is 0.700. The number of aromatic nitrogens is 1. The Balaban J connectivity index is 1.72. The van der Waals surface area contributed by atoms with Crippen molar-refractivity contribution in [3.05, 3.63) is 29.5 Å². The molecule has 2 saturated heterocycles. The average Bonchev–Trinajstić information content (AvgIpc) is 3.38. The van der Waals surface area contributed by atoms with Gasteiger partial charge in [0.05, 0.1) is 18.4 Å². The van der Waals surface area contributed by atoms with Gasteiger partial charge in [0.2, 0.25) is 0 Å². The molecule has 2 aliphatic heterocycles. The molecule has 0 amide bonds. The predicted molar refractivity (Wildman–Crippen MR) is 113 cm³/mol. The van der Waals surface area contributed by atoms with E-state index in [0.29, 0.717) is 30.1 Å². The number of rotatable bonds is 7. The van der Waals surface area contributed by atoms with Crippen molar-refractivity contribution in [3.8, 4) is 5.75 Å². The highest BCUT2D eigenvalue weighted by Gasteiger charge is 2.30. The van der Waals surface area contributed by atoms with E-state index in [4.69, 9.17) is 4.74 Å². The fraction of sp³-hybridized carbons (Fsp3) is 0.545. The zero-order chi connectivity index (χ0) is 20.4. The minimum absolute atomic E-state index is 0.0673. The number of fused-ring (bicyclic) bond motifs is 1. The smallest absolute Gasteiger partial charge is 0.184 e. The fourth-order valence-corrected chi connectivity index (χ4v) is 4.49. The van der Waals surface area contributed by atoms with Crippen LogP contribution in [-0.4, -0.2) is 86.4 Å². The van der Waals surface area contributed by atoms with Crippen LogP contribution in [-0.2, 0) is 6.54 Å². The maximum Gasteiger partial charge on any atom is 0.184 e. The number of Topliss-reactive ketones (excluding diaryl/α,β-unsaturated/α-hetero) is 1. The van der Waals surface area contributed by atoms with Crippen LogP contribution in [0.5, 0.6) is 5.75 Å². The van der Waals surface area contributed by atoms with E-state index in [9.17, 15) is 9.59 Å². The van der Waals surface area contributed by atoms with Gasteiger partial charge in [-0.15, -0.1) is 0 Å². The minimum Gasteiger partial charge on any atom is -0.497 e. The summed E-state index contributed by atoms with van der Waals surface area (Å²) >= 11 is 0. The molecule has 2 aromatic rings. The molecule has 2 aliphatic rings. The van der Waals surface area contributed by atoms with E-state index in [1.165, 1.54) is 0 Å². The van der Waals surface area contributed by atoms with Crippen molar-refractivity contribution < 1.29 is 14.3 Å². The van der Waals surface area contributed by atoms with Crippen molar-refractivity contribution >= 4 is 23.0 Å². The monoisotopic (exact) mass is 398 g/mol. The molecule has 1 aromatic carbocycles. The van der Waals surface area contributed by atoms with Crippen LogP contribution in [0.1, 0.15) is 27.3 Å². The van der Waals surface area contributed by atoms with E-state index < -0.39 is 0 Å². The zero-order valence-electron chi connectivity index (χ0n) is 17.3. The topological polar surface area (TPSA) is 66.8 Å². The summed E-state index contributed by atoms with van der Waals surface area (Å²) in [4.78, 5) is 30.2. The lowest BCUT2D eigenvalue weighted by Gasteiger charge is -2.32. The molecule has 7 heteroatoms. The summed E-state index contributed by atoms with van der Waals surface area (Å²) < 4.78 is 7.43. The van der Waals surface area contributed by atoms with E-state index in [-0.39, 0.29) is 11.7 Å². The Labute approximate surface area is 171 Å². The average molecular weight is 399 g/mol. The molecule has 156 valence electrons. The molecule has 1 atom stereocenters. The van der Waals surface area contributed by atoms with Crippen LogP contribution in [0.2, 0.25) is 0 Å². The lowest BCUT2D eigenvalue weighted by molar-refractivity contribution is 0.0914. The maximum atomic E-state index is 13.4. The van der Waals surface area contributed by atoms with Gasteiger partial charge in [-0.3, -0.25) is 14.5 Å². The normalized spacial score (nSPS) is 21.0. The van der Waals surface area contributed by atoms with Crippen molar-refractivity contribution in [2.45, 2.75) is 13.0 Å². The number of hydrogen-bond donors (Lipinski definition) is 1. The van der Waals surface area contributed by atoms with Gasteiger partial charge in [0.15, 0.2) is 12.1 Å². The molecule has 29 heavy (non-hydrogen) atoms. The standard InChI is InChI=1S/C22H30N4O3/c1-24-7-9-25(10-8-24)11-12-26-20-4-3-17(29-2)13-18(20)19(15-27)21(26)22(28)16-5-6-23-14-16/h3-4,13,15-16,23H,5-12,14H2,1-2H3. The van der Waals surface area contributed by atoms with Crippen molar-refractivity contribution in [1.29, 1.82) is 0 Å². The molecule has 0 aliphatic carbocycles. The van der Waals surface area contributed by atoms with E-state index in [2.05, 4.69) is 26.7 Å². The number of carbonyl (C=O) groups excluding carboxylic acids is 2. The Kier molecular flexibility index (Phi) is 5.99. The molecule has 0 saturated carbocycles. The first-order valence-electron chi connectivity index (χ1n) is 10.4. The molecule has 0 spiro atoms. The molecular formula is C22H30N4O3. The van der Waals surface area contributed by atoms with E-state index in [1.807, 2.05) is 18.2 Å². The lowest BCUT2D eigenvalue weighted by Crippen LogP contribution is -2.45. The summed E-state index contributed by atoms with van der Waals surface area (Å²) in [6.45, 7) is 7.26. The second-order valence-corrected chi connectivity index (χ2v) is 8.11. The van der Waals surface area contributed by atoms with Crippen LogP contribution in [0.25, 0.3) is 10.9 Å². The third kappa shape index (κ3) is 3.95. The first kappa shape index (κ1) is 20.1. The largest absolute Gasteiger partial charge is 0.497 e. The number of methoxy groups -OCH3 is 1. The van der Waals surface area contributed by atoms with Crippen molar-refractivity contribution in [3.63, 3.8) is 0 Å². The van der Waals surface area contributed by atoms with Crippen LogP contribution in [0, 0.1) is 5.92 Å². The van der Waals surface area contributed by atoms with E-state index in [1.54, 1.807) is 7.11 Å². The van der Waals surface area contributed by atoms with Gasteiger partial charge in [-0.1, -0.05) is 0 Å². The second-order valence-electron chi connectivity index (χ2n) is 8.11. The number of benzene rings is 1. The maximum absolute atomic E-state index is 13.4. The van der Waals surface area contributed by atoms with Crippen LogP contribution in [0.4, 0.5) is 0 Å². The SMILES string of the molecule is COc1ccc2c(c1)c(C=O)c(C(=O)C1CCNC1)n2CCN1CCN(C)CC1. The third-order valence-corrected chi connectivity index (χ3v) is 6.33. The Morgan fingerprint density at radius 2 is 2.03 bits per heavy atom. The molecule has 4 rings (SSSR count). The summed E-state index contributed by atoms with van der Waals surface area (Å²) in [5.41, 5.74) is 1.98. The van der Waals surface area contributed by atoms with Crippen LogP contribution in [0.3, 0.4) is 0 Å². The highest BCUT2D eigenvalue weighted by atomic mass is 16.5. The Hall–Kier alpha value is -2.22. The number of carbonyl (C=O) groups is 2. The fourth-order valence-electron chi connectivity index (χ4n) is 4.49. The molecule has 3 heterocycles. The molecule has 2 fully saturated rings. The lowest BCUT2D eigenvalue weighted by atomic mass is 9.98. The number of hydrogen-bond acceptors (Lipinski definition) is 6. The van der Waals surface area contributed by atoms with Gasteiger partial charge < -0.3 is 19.5 Å². The van der Waals surface area contributed by atoms with Crippen molar-refractivity contribution in [1.82, 2.24) is 19.7 Å². The molecule has 1 unspecified atom stereocenters. The van der Waals surface area contributed by atoms with Gasteiger partial charge in [-0.2, -0.15) is 0 Å². The van der Waals surface area contributed by atoms with Gasteiger partial charge in [0.25, 0.3) is 0 Å². The highest BCUT2D eigenvalue weighted by molar-refractivity contribution is 6.12. The van der Waals surface area contributed by atoms with E-state index >= 15 is 0 Å². The van der Waals surface area contributed by atoms with Gasteiger partial charge >= 0.3 is 0 Å². The number of aldehydes is 1. The van der Waals surface area contributed by atoms with Crippen LogP contribution < -0.4 is 10.1 Å². The van der Waals surface area contributed by atoms with Crippen molar-refractivity contribution in [2.24, 2.45) is 5.92 Å². The van der Waals surface area contributed by atoms with E-state index in [0.717, 1.165) is 62.9 Å². The van der Waals surface area contributed by atoms with Gasteiger partial charge in [-0.05, 0) is 38.2 Å². The predicted octanol–water partition coefficient (Wildman–Crippen LogP) is 1.50. The molecule has 1 N–H and O–H groups in total. The van der Waals surface area contributed by atoms with Crippen LogP contribution >= 0.6 is 0 Å². The molecule has 0 bridgehead atoms. The molecular weight excluding hydrogens is 368 g/mol. The summed E-state index contributed by atoms with van der Waals surface area (Å²) in [5, 5.41) is 4.07. The van der Waals surface area contributed by atoms with Gasteiger partial charge in [-0.25, -0.2) is 0 Å². The van der Waals surface area contributed by atoms with Gasteiger partial charge in [0.1, 0.15) is 5.75 Å². The summed E-state index contributed by atoms with van der Waals surface area (Å²) in [7, 11) is 3.76. The van der Waals surface area contributed by atoms with Crippen molar-refractivity contribution in [2.75, 3.05) is 60.0 Å². The number of nitrogens with zero attached hydrogens (tertiary/aromatic N) is 3. The minimum atomic E-state index is -0.0673. The third-order valence-electron chi connectivity index (χ3n) is 6.33. The zero-order valence-corrected chi connectivity index (χ0v) is 17.3. The highest BCUT2D eigenvalue weighted by Crippen LogP contribution is 2.31. The number of likely N-dealkylation sites (N-methyl/N-ethyl adjacent to an activating group) is 1. The first-order chi connectivity index (χ1) is 14.1. The second kappa shape index (κ2) is 8.65. The molecule has 0 radical (unpaired) electrons. The Bertz CT molecular complexity index is 893. The number of nitrogens with one attached hydrogen (secondary N) is 1. The first-order valence-corrected chi connectivity index (χ1v) is 10.4. The quantitative estimate of drug-likeness (QED) is 0.563. The molecule has 7 nitrogen and oxygen atoms in total.